The molecular formula is C10H13NNa3O7P. The van der Waals surface area contributed by atoms with Crippen LogP contribution in [0.25, 0.3) is 0 Å². The molecule has 1 fully saturated rings. The van der Waals surface area contributed by atoms with E-state index in [1.165, 1.54) is 0 Å². The van der Waals surface area contributed by atoms with Gasteiger partial charge in [-0.1, -0.05) is 0 Å². The van der Waals surface area contributed by atoms with Crippen LogP contribution in [0.4, 0.5) is 0 Å². The Morgan fingerprint density at radius 1 is 1.23 bits per heavy atom. The number of carbonyl (C=O) groups excluding carboxylic acids is 3. The summed E-state index contributed by atoms with van der Waals surface area (Å²) in [4.78, 5) is 45.2. The first kappa shape index (κ1) is 28.4. The zero-order valence-electron chi connectivity index (χ0n) is 13.1. The molecule has 12 heteroatoms. The van der Waals surface area contributed by atoms with Crippen molar-refractivity contribution in [3.63, 3.8) is 0 Å². The van der Waals surface area contributed by atoms with E-state index in [1.807, 2.05) is 0 Å². The number of carbonyl (C=O) groups is 3. The molecule has 1 rings (SSSR count). The molecule has 22 heavy (non-hydrogen) atoms. The third-order valence-corrected chi connectivity index (χ3v) is 4.57. The quantitative estimate of drug-likeness (QED) is 0.325. The van der Waals surface area contributed by atoms with E-state index in [0.29, 0.717) is 13.0 Å². The molecule has 0 spiro atoms. The molecule has 0 N–H and O–H groups in total. The Morgan fingerprint density at radius 2 is 1.77 bits per heavy atom. The monoisotopic (exact) mass is 359 g/mol. The molecule has 108 valence electrons. The average molecular weight is 359 g/mol. The Balaban J connectivity index is -0.00000120. The predicted octanol–water partition coefficient (Wildman–Crippen LogP) is -12.3. The second-order valence-electron chi connectivity index (χ2n) is 4.49. The average Bonchev–Trinajstić information content (AvgIpc) is 2.61. The van der Waals surface area contributed by atoms with Gasteiger partial charge >= 0.3 is 88.7 Å². The van der Waals surface area contributed by atoms with Gasteiger partial charge in [0.2, 0.25) is 5.91 Å². The van der Waals surface area contributed by atoms with Crippen molar-refractivity contribution in [2.45, 2.75) is 19.3 Å². The van der Waals surface area contributed by atoms with Crippen LogP contribution in [0.5, 0.6) is 0 Å². The van der Waals surface area contributed by atoms with Gasteiger partial charge in [-0.15, -0.1) is 0 Å². The van der Waals surface area contributed by atoms with Crippen LogP contribution >= 0.6 is 7.37 Å². The fourth-order valence-corrected chi connectivity index (χ4v) is 3.82. The van der Waals surface area contributed by atoms with Crippen LogP contribution in [0.15, 0.2) is 0 Å². The number of carboxylic acids is 2. The number of carboxylic acid groups (broad SMARTS) is 2. The Hall–Kier alpha value is 1.60. The van der Waals surface area contributed by atoms with Gasteiger partial charge in [0.1, 0.15) is 0 Å². The third kappa shape index (κ3) is 10.5. The Labute approximate surface area is 194 Å². The first-order chi connectivity index (χ1) is 8.71. The molecule has 0 aromatic carbocycles. The van der Waals surface area contributed by atoms with Gasteiger partial charge in [0.15, 0.2) is 0 Å². The maximum absolute atomic E-state index is 11.8. The van der Waals surface area contributed by atoms with Gasteiger partial charge in [0.25, 0.3) is 0 Å². The first-order valence-corrected chi connectivity index (χ1v) is 7.68. The van der Waals surface area contributed by atoms with E-state index in [1.54, 1.807) is 0 Å². The van der Waals surface area contributed by atoms with Gasteiger partial charge < -0.3 is 34.2 Å². The first-order valence-electron chi connectivity index (χ1n) is 5.69. The van der Waals surface area contributed by atoms with E-state index >= 15 is 0 Å². The molecule has 1 aliphatic rings. The van der Waals surface area contributed by atoms with E-state index < -0.39 is 44.1 Å². The van der Waals surface area contributed by atoms with Crippen LogP contribution in [0.1, 0.15) is 19.3 Å². The summed E-state index contributed by atoms with van der Waals surface area (Å²) < 4.78 is 11.8. The molecule has 2 unspecified atom stereocenters. The maximum Gasteiger partial charge on any atom is 1.00 e. The summed E-state index contributed by atoms with van der Waals surface area (Å²) in [6.45, 7) is 0.307. The van der Waals surface area contributed by atoms with E-state index in [9.17, 15) is 34.1 Å². The van der Waals surface area contributed by atoms with Crippen LogP contribution in [-0.4, -0.2) is 41.7 Å². The standard InChI is InChI=1S/C10H16NO7P.3Na/c12-8-2-1-3-11(8)6-19(17,18)5-7(10(15)16)4-9(13)14;;;/h7H,1-6H2,(H,13,14)(H,15,16)(H,17,18);;;/q;3*+1/p-3. The number of likely N-dealkylation sites (tertiary alicyclic amines) is 1. The molecule has 0 aliphatic carbocycles. The van der Waals surface area contributed by atoms with Crippen molar-refractivity contribution >= 4 is 25.2 Å². The molecule has 1 heterocycles. The fraction of sp³-hybridized carbons (Fsp3) is 0.700. The smallest absolute Gasteiger partial charge is 0.798 e. The molecular weight excluding hydrogens is 346 g/mol. The van der Waals surface area contributed by atoms with E-state index in [2.05, 4.69) is 0 Å². The predicted molar refractivity (Wildman–Crippen MR) is 56.4 cm³/mol. The third-order valence-electron chi connectivity index (χ3n) is 2.80. The zero-order chi connectivity index (χ0) is 14.6. The molecule has 0 radical (unpaired) electrons. The van der Waals surface area contributed by atoms with Gasteiger partial charge in [0.05, 0.1) is 6.29 Å². The number of nitrogens with zero attached hydrogens (tertiary/aromatic N) is 1. The van der Waals surface area contributed by atoms with E-state index in [-0.39, 0.29) is 101 Å². The van der Waals surface area contributed by atoms with Crippen molar-refractivity contribution in [2.24, 2.45) is 5.92 Å². The molecule has 1 aliphatic heterocycles. The Kier molecular flexibility index (Phi) is 16.6. The van der Waals surface area contributed by atoms with E-state index in [0.717, 1.165) is 4.90 Å². The van der Waals surface area contributed by atoms with Crippen molar-refractivity contribution in [1.82, 2.24) is 4.90 Å². The SMILES string of the molecule is O=C([O-])CC(CP(=O)([O-])CN1CCCC1=O)C(=O)[O-].[Na+].[Na+].[Na+]. The zero-order valence-corrected chi connectivity index (χ0v) is 20.0. The van der Waals surface area contributed by atoms with Crippen LogP contribution in [0, 0.1) is 5.92 Å². The summed E-state index contributed by atoms with van der Waals surface area (Å²) in [5, 5.41) is 21.0. The summed E-state index contributed by atoms with van der Waals surface area (Å²) in [6, 6.07) is 0. The maximum atomic E-state index is 11.8. The van der Waals surface area contributed by atoms with Crippen molar-refractivity contribution in [2.75, 3.05) is 19.0 Å². The van der Waals surface area contributed by atoms with Crippen LogP contribution in [-0.2, 0) is 18.9 Å². The van der Waals surface area contributed by atoms with Crippen molar-refractivity contribution in [3.8, 4) is 0 Å². The minimum atomic E-state index is -4.20. The number of amides is 1. The summed E-state index contributed by atoms with van der Waals surface area (Å²) in [5.41, 5.74) is 0. The molecule has 1 amide bonds. The Morgan fingerprint density at radius 3 is 2.14 bits per heavy atom. The van der Waals surface area contributed by atoms with E-state index in [4.69, 9.17) is 0 Å². The summed E-state index contributed by atoms with van der Waals surface area (Å²) in [6.07, 6.45) is -1.52. The van der Waals surface area contributed by atoms with Crippen LogP contribution in [0.3, 0.4) is 0 Å². The largest absolute Gasteiger partial charge is 1.00 e. The number of rotatable bonds is 7. The number of hydrogen-bond acceptors (Lipinski definition) is 7. The van der Waals surface area contributed by atoms with Crippen molar-refractivity contribution in [3.05, 3.63) is 0 Å². The molecule has 0 aromatic heterocycles. The van der Waals surface area contributed by atoms with Crippen molar-refractivity contribution in [1.29, 1.82) is 0 Å². The number of aliphatic carboxylic acids is 2. The molecule has 8 nitrogen and oxygen atoms in total. The van der Waals surface area contributed by atoms with Gasteiger partial charge in [-0.2, -0.15) is 0 Å². The van der Waals surface area contributed by atoms with Gasteiger partial charge in [-0.05, 0) is 19.0 Å². The van der Waals surface area contributed by atoms with Crippen molar-refractivity contribution < 1.29 is 123 Å². The Bertz CT molecular complexity index is 448. The second-order valence-corrected chi connectivity index (χ2v) is 6.77. The summed E-state index contributed by atoms with van der Waals surface area (Å²) in [7, 11) is -4.20. The minimum Gasteiger partial charge on any atom is -0.798 e. The molecule has 2 atom stereocenters. The summed E-state index contributed by atoms with van der Waals surface area (Å²) in [5.74, 6) is -5.38. The van der Waals surface area contributed by atoms with Gasteiger partial charge in [0, 0.05) is 38.2 Å². The molecule has 0 saturated carbocycles. The second kappa shape index (κ2) is 12.9. The summed E-state index contributed by atoms with van der Waals surface area (Å²) >= 11 is 0. The topological polar surface area (TPSA) is 141 Å². The number of hydrogen-bond donors (Lipinski definition) is 0. The van der Waals surface area contributed by atoms with Crippen LogP contribution < -0.4 is 104 Å². The van der Waals surface area contributed by atoms with Gasteiger partial charge in [-0.25, -0.2) is 0 Å². The molecule has 0 bridgehead atoms. The minimum absolute atomic E-state index is 0. The van der Waals surface area contributed by atoms with Gasteiger partial charge in [-0.3, -0.25) is 4.79 Å². The fourth-order valence-electron chi connectivity index (χ4n) is 1.93. The van der Waals surface area contributed by atoms with Crippen LogP contribution in [0.2, 0.25) is 0 Å². The molecule has 1 saturated heterocycles. The normalized spacial score (nSPS) is 17.3. The molecule has 0 aromatic rings.